The van der Waals surface area contributed by atoms with E-state index in [0.717, 1.165) is 24.8 Å². The van der Waals surface area contributed by atoms with Crippen LogP contribution in [0.3, 0.4) is 0 Å². The summed E-state index contributed by atoms with van der Waals surface area (Å²) in [7, 11) is 0. The molecule has 184 valence electrons. The van der Waals surface area contributed by atoms with E-state index in [9.17, 15) is 9.90 Å². The third-order valence-electron chi connectivity index (χ3n) is 12.3. The van der Waals surface area contributed by atoms with Crippen molar-refractivity contribution in [1.82, 2.24) is 0 Å². The van der Waals surface area contributed by atoms with Gasteiger partial charge in [-0.1, -0.05) is 58.8 Å². The molecule has 4 aliphatic carbocycles. The molecule has 2 fully saturated rings. The van der Waals surface area contributed by atoms with Gasteiger partial charge in [-0.3, -0.25) is 0 Å². The van der Waals surface area contributed by atoms with Crippen molar-refractivity contribution in [2.75, 3.05) is 0 Å². The Morgan fingerprint density at radius 1 is 1.00 bits per heavy atom. The number of hydrogen-bond donors (Lipinski definition) is 1. The van der Waals surface area contributed by atoms with Crippen molar-refractivity contribution in [3.63, 3.8) is 0 Å². The van der Waals surface area contributed by atoms with Gasteiger partial charge in [-0.25, -0.2) is 4.79 Å². The quantitative estimate of drug-likeness (QED) is 0.361. The number of hydrogen-bond acceptors (Lipinski definition) is 3. The largest absolute Gasteiger partial charge is 0.458 e. The van der Waals surface area contributed by atoms with E-state index in [1.54, 1.807) is 11.1 Å². The Hall–Kier alpha value is -1.09. The smallest absolute Gasteiger partial charge is 0.333 e. The molecule has 3 nitrogen and oxygen atoms in total. The molecule has 0 aromatic rings. The van der Waals surface area contributed by atoms with E-state index < -0.39 is 0 Å². The molecule has 0 bridgehead atoms. The van der Waals surface area contributed by atoms with E-state index in [4.69, 9.17) is 4.74 Å². The van der Waals surface area contributed by atoms with Crippen molar-refractivity contribution >= 4 is 5.97 Å². The van der Waals surface area contributed by atoms with Gasteiger partial charge in [-0.05, 0) is 97.7 Å². The van der Waals surface area contributed by atoms with Gasteiger partial charge >= 0.3 is 5.97 Å². The maximum absolute atomic E-state index is 12.3. The first-order valence-corrected chi connectivity index (χ1v) is 13.6. The Balaban J connectivity index is 1.48. The summed E-state index contributed by atoms with van der Waals surface area (Å²) >= 11 is 0. The Bertz CT molecular complexity index is 912. The van der Waals surface area contributed by atoms with Crippen LogP contribution >= 0.6 is 0 Å². The van der Waals surface area contributed by atoms with Crippen LogP contribution in [0.4, 0.5) is 0 Å². The van der Waals surface area contributed by atoms with E-state index in [0.29, 0.717) is 17.8 Å². The van der Waals surface area contributed by atoms with Crippen LogP contribution in [0, 0.1) is 39.4 Å². The summed E-state index contributed by atoms with van der Waals surface area (Å²) in [6.07, 6.45) is 12.3. The van der Waals surface area contributed by atoms with Gasteiger partial charge in [0, 0.05) is 12.0 Å². The molecular formula is C30H46O3. The van der Waals surface area contributed by atoms with Crippen LogP contribution in [0.2, 0.25) is 0 Å². The van der Waals surface area contributed by atoms with Gasteiger partial charge in [0.15, 0.2) is 0 Å². The normalized spacial score (nSPS) is 47.8. The maximum atomic E-state index is 12.3. The molecule has 0 saturated heterocycles. The Kier molecular flexibility index (Phi) is 5.34. The molecule has 2 saturated carbocycles. The van der Waals surface area contributed by atoms with Gasteiger partial charge in [-0.2, -0.15) is 0 Å². The van der Waals surface area contributed by atoms with Crippen molar-refractivity contribution in [2.24, 2.45) is 39.4 Å². The summed E-state index contributed by atoms with van der Waals surface area (Å²) in [5.74, 6) is 1.44. The van der Waals surface area contributed by atoms with Crippen molar-refractivity contribution in [3.8, 4) is 0 Å². The number of ether oxygens (including phenoxy) is 1. The molecule has 0 amide bonds. The van der Waals surface area contributed by atoms with E-state index in [-0.39, 0.29) is 39.8 Å². The molecule has 33 heavy (non-hydrogen) atoms. The first kappa shape index (κ1) is 23.6. The van der Waals surface area contributed by atoms with Crippen LogP contribution in [0.5, 0.6) is 0 Å². The van der Waals surface area contributed by atoms with Crippen molar-refractivity contribution in [2.45, 2.75) is 118 Å². The second kappa shape index (κ2) is 7.45. The zero-order valence-corrected chi connectivity index (χ0v) is 22.1. The number of carbonyl (C=O) groups is 1. The molecule has 0 radical (unpaired) electrons. The summed E-state index contributed by atoms with van der Waals surface area (Å²) in [4.78, 5) is 12.3. The molecule has 1 N–H and O–H groups in total. The molecule has 0 aromatic heterocycles. The average Bonchev–Trinajstić information content (AvgIpc) is 3.04. The molecule has 1 aliphatic heterocycles. The number of aliphatic hydroxyl groups is 1. The monoisotopic (exact) mass is 454 g/mol. The highest BCUT2D eigenvalue weighted by molar-refractivity contribution is 5.88. The Morgan fingerprint density at radius 2 is 1.73 bits per heavy atom. The van der Waals surface area contributed by atoms with Crippen LogP contribution in [0.1, 0.15) is 106 Å². The van der Waals surface area contributed by atoms with Gasteiger partial charge in [0.25, 0.3) is 0 Å². The average molecular weight is 455 g/mol. The number of aliphatic hydroxyl groups excluding tert-OH is 1. The second-order valence-electron chi connectivity index (χ2n) is 13.7. The topological polar surface area (TPSA) is 46.5 Å². The number of esters is 1. The van der Waals surface area contributed by atoms with Crippen LogP contribution in [-0.2, 0) is 9.53 Å². The minimum atomic E-state index is -0.172. The number of fused-ring (bicyclic) bond motifs is 4. The van der Waals surface area contributed by atoms with Gasteiger partial charge in [-0.15, -0.1) is 0 Å². The summed E-state index contributed by atoms with van der Waals surface area (Å²) in [5.41, 5.74) is 5.07. The molecule has 3 heteroatoms. The lowest BCUT2D eigenvalue weighted by molar-refractivity contribution is -0.150. The van der Waals surface area contributed by atoms with Crippen LogP contribution < -0.4 is 0 Å². The summed E-state index contributed by atoms with van der Waals surface area (Å²) in [6.45, 7) is 16.5. The zero-order chi connectivity index (χ0) is 24.0. The highest BCUT2D eigenvalue weighted by Gasteiger charge is 2.63. The van der Waals surface area contributed by atoms with Crippen molar-refractivity contribution in [1.29, 1.82) is 0 Å². The highest BCUT2D eigenvalue weighted by atomic mass is 16.5. The van der Waals surface area contributed by atoms with Crippen LogP contribution in [0.25, 0.3) is 0 Å². The van der Waals surface area contributed by atoms with E-state index in [1.807, 2.05) is 6.92 Å². The first-order chi connectivity index (χ1) is 15.4. The van der Waals surface area contributed by atoms with Gasteiger partial charge in [0.1, 0.15) is 6.10 Å². The van der Waals surface area contributed by atoms with Gasteiger partial charge in [0.05, 0.1) is 6.10 Å². The van der Waals surface area contributed by atoms with Gasteiger partial charge in [0.2, 0.25) is 0 Å². The molecule has 5 aliphatic rings. The molecule has 8 atom stereocenters. The third-order valence-corrected chi connectivity index (χ3v) is 12.3. The minimum absolute atomic E-state index is 0.00355. The predicted molar refractivity (Wildman–Crippen MR) is 132 cm³/mol. The number of rotatable bonds is 2. The predicted octanol–water partition coefficient (Wildman–Crippen LogP) is 6.99. The van der Waals surface area contributed by atoms with E-state index >= 15 is 0 Å². The highest BCUT2D eigenvalue weighted by Crippen LogP contribution is 2.72. The van der Waals surface area contributed by atoms with Crippen molar-refractivity contribution < 1.29 is 14.6 Å². The lowest BCUT2D eigenvalue weighted by atomic mass is 9.43. The Labute approximate surface area is 201 Å². The summed E-state index contributed by atoms with van der Waals surface area (Å²) < 4.78 is 5.91. The molecule has 5 rings (SSSR count). The number of allylic oxidation sites excluding steroid dienone is 2. The summed E-state index contributed by atoms with van der Waals surface area (Å²) in [6, 6.07) is 0. The molecule has 1 heterocycles. The first-order valence-electron chi connectivity index (χ1n) is 13.6. The summed E-state index contributed by atoms with van der Waals surface area (Å²) in [5, 5.41) is 10.8. The van der Waals surface area contributed by atoms with Crippen LogP contribution in [-0.4, -0.2) is 23.3 Å². The van der Waals surface area contributed by atoms with Crippen LogP contribution in [0.15, 0.2) is 22.8 Å². The fraction of sp³-hybridized carbons (Fsp3) is 0.833. The second-order valence-corrected chi connectivity index (χ2v) is 13.7. The standard InChI is InChI=1S/C30H46O3/c1-18-8-10-23(33-26(18)32)19(2)20-12-16-30(7)22-9-11-24-27(3,4)25(31)14-15-28(24,5)21(22)13-17-29(20,30)6/h8,19-20,23-25,31H,9-17H2,1-7H3. The number of cyclic esters (lactones) is 1. The fourth-order valence-corrected chi connectivity index (χ4v) is 9.80. The maximum Gasteiger partial charge on any atom is 0.333 e. The van der Waals surface area contributed by atoms with E-state index in [1.165, 1.54) is 38.5 Å². The fourth-order valence-electron chi connectivity index (χ4n) is 9.80. The molecule has 0 aromatic carbocycles. The van der Waals surface area contributed by atoms with Crippen molar-refractivity contribution in [3.05, 3.63) is 22.8 Å². The zero-order valence-electron chi connectivity index (χ0n) is 22.1. The Morgan fingerprint density at radius 3 is 2.42 bits per heavy atom. The lowest BCUT2D eigenvalue weighted by Gasteiger charge is -2.62. The minimum Gasteiger partial charge on any atom is -0.458 e. The van der Waals surface area contributed by atoms with Gasteiger partial charge < -0.3 is 9.84 Å². The third kappa shape index (κ3) is 3.06. The molecule has 0 spiro atoms. The SMILES string of the molecule is CC1=CCC(C(C)C2CCC3(C)C4=C(CCC23C)C2(C)CCC(O)C(C)(C)C2CC4)OC1=O. The number of carbonyl (C=O) groups excluding carboxylic acids is 1. The molecule has 8 unspecified atom stereocenters. The molecular weight excluding hydrogens is 408 g/mol. The lowest BCUT2D eigenvalue weighted by Crippen LogP contribution is -2.55. The van der Waals surface area contributed by atoms with E-state index in [2.05, 4.69) is 47.6 Å².